The van der Waals surface area contributed by atoms with Crippen LogP contribution < -0.4 is 9.97 Å². The molecule has 0 atom stereocenters. The first kappa shape index (κ1) is 18.9. The summed E-state index contributed by atoms with van der Waals surface area (Å²) in [6, 6.07) is 8.86. The highest BCUT2D eigenvalue weighted by molar-refractivity contribution is 6.33. The summed E-state index contributed by atoms with van der Waals surface area (Å²) in [5, 5.41) is 24.8. The minimum atomic E-state index is -1.94. The number of carbonyl (C=O) groups excluding carboxylic acids is 1. The van der Waals surface area contributed by atoms with Crippen LogP contribution in [0.3, 0.4) is 0 Å². The van der Waals surface area contributed by atoms with Crippen molar-refractivity contribution in [3.05, 3.63) is 42.1 Å². The van der Waals surface area contributed by atoms with Gasteiger partial charge in [0.25, 0.3) is 0 Å². The van der Waals surface area contributed by atoms with Crippen molar-refractivity contribution in [2.24, 2.45) is 5.41 Å². The van der Waals surface area contributed by atoms with E-state index in [1.807, 2.05) is 45.9 Å². The van der Waals surface area contributed by atoms with Crippen LogP contribution in [0.4, 0.5) is 5.69 Å². The number of amides is 1. The second kappa shape index (κ2) is 7.01. The van der Waals surface area contributed by atoms with Crippen LogP contribution in [0.1, 0.15) is 26.3 Å². The van der Waals surface area contributed by atoms with Crippen LogP contribution in [-0.4, -0.2) is 37.9 Å². The van der Waals surface area contributed by atoms with Crippen molar-refractivity contribution < 1.29 is 19.5 Å². The van der Waals surface area contributed by atoms with E-state index in [1.165, 1.54) is 10.6 Å². The maximum Gasteiger partial charge on any atom is 0.708 e. The Labute approximate surface area is 157 Å². The maximum absolute atomic E-state index is 12.3. The smallest absolute Gasteiger partial charge is 0.497 e. The SMILES string of the molecule is Cc1ccc(-c2cn3nc(OB(O)O)ccc3n2)cc1NC(=O)C(C)(C)C. The van der Waals surface area contributed by atoms with Crippen molar-refractivity contribution in [1.29, 1.82) is 0 Å². The molecule has 2 heterocycles. The van der Waals surface area contributed by atoms with Gasteiger partial charge in [-0.25, -0.2) is 9.50 Å². The molecule has 0 spiro atoms. The largest absolute Gasteiger partial charge is 0.708 e. The van der Waals surface area contributed by atoms with Gasteiger partial charge in [0, 0.05) is 22.7 Å². The zero-order chi connectivity index (χ0) is 19.8. The number of nitrogens with zero attached hydrogens (tertiary/aromatic N) is 3. The van der Waals surface area contributed by atoms with Crippen LogP contribution in [-0.2, 0) is 4.79 Å². The van der Waals surface area contributed by atoms with Gasteiger partial charge in [0.05, 0.1) is 11.9 Å². The number of imidazole rings is 1. The summed E-state index contributed by atoms with van der Waals surface area (Å²) >= 11 is 0. The Hall–Kier alpha value is -2.91. The minimum Gasteiger partial charge on any atom is -0.497 e. The van der Waals surface area contributed by atoms with Crippen LogP contribution in [0.25, 0.3) is 16.9 Å². The minimum absolute atomic E-state index is 0.0588. The number of aromatic nitrogens is 3. The van der Waals surface area contributed by atoms with E-state index in [0.29, 0.717) is 11.3 Å². The van der Waals surface area contributed by atoms with Gasteiger partial charge in [0.2, 0.25) is 11.8 Å². The summed E-state index contributed by atoms with van der Waals surface area (Å²) in [5.74, 6) is -0.00717. The summed E-state index contributed by atoms with van der Waals surface area (Å²) in [6.07, 6.45) is 1.70. The number of benzene rings is 1. The molecule has 1 aromatic carbocycles. The first-order valence-corrected chi connectivity index (χ1v) is 8.45. The second-order valence-corrected chi connectivity index (χ2v) is 7.28. The van der Waals surface area contributed by atoms with E-state index in [-0.39, 0.29) is 11.8 Å². The molecule has 3 rings (SSSR count). The van der Waals surface area contributed by atoms with Crippen LogP contribution in [0.15, 0.2) is 36.5 Å². The Bertz CT molecular complexity index is 995. The molecule has 1 amide bonds. The monoisotopic (exact) mass is 368 g/mol. The lowest BCUT2D eigenvalue weighted by Gasteiger charge is -2.19. The van der Waals surface area contributed by atoms with E-state index in [4.69, 9.17) is 14.7 Å². The molecule has 0 aliphatic rings. The molecule has 27 heavy (non-hydrogen) atoms. The van der Waals surface area contributed by atoms with Crippen LogP contribution in [0.2, 0.25) is 0 Å². The molecule has 8 nitrogen and oxygen atoms in total. The molecule has 0 bridgehead atoms. The Morgan fingerprint density at radius 1 is 1.22 bits per heavy atom. The van der Waals surface area contributed by atoms with E-state index in [1.54, 1.807) is 12.3 Å². The number of hydrogen-bond acceptors (Lipinski definition) is 6. The van der Waals surface area contributed by atoms with Crippen molar-refractivity contribution in [2.45, 2.75) is 27.7 Å². The molecule has 0 aliphatic carbocycles. The van der Waals surface area contributed by atoms with Gasteiger partial charge in [0.15, 0.2) is 5.65 Å². The first-order valence-electron chi connectivity index (χ1n) is 8.45. The average Bonchev–Trinajstić information content (AvgIpc) is 2.98. The van der Waals surface area contributed by atoms with Crippen molar-refractivity contribution in [1.82, 2.24) is 14.6 Å². The summed E-state index contributed by atoms with van der Waals surface area (Å²) < 4.78 is 6.24. The molecule has 0 radical (unpaired) electrons. The third-order valence-electron chi connectivity index (χ3n) is 3.98. The third kappa shape index (κ3) is 4.26. The Balaban J connectivity index is 1.94. The molecule has 0 fully saturated rings. The number of fused-ring (bicyclic) bond motifs is 1. The summed E-state index contributed by atoms with van der Waals surface area (Å²) in [4.78, 5) is 16.8. The molecular formula is C18H21BN4O4. The first-order chi connectivity index (χ1) is 12.6. The maximum atomic E-state index is 12.3. The lowest BCUT2D eigenvalue weighted by Crippen LogP contribution is -2.27. The summed E-state index contributed by atoms with van der Waals surface area (Å²) in [7, 11) is -1.94. The molecule has 140 valence electrons. The predicted molar refractivity (Wildman–Crippen MR) is 102 cm³/mol. The van der Waals surface area contributed by atoms with Crippen molar-refractivity contribution in [3.63, 3.8) is 0 Å². The summed E-state index contributed by atoms with van der Waals surface area (Å²) in [6.45, 7) is 7.51. The lowest BCUT2D eigenvalue weighted by molar-refractivity contribution is -0.123. The highest BCUT2D eigenvalue weighted by Gasteiger charge is 2.22. The van der Waals surface area contributed by atoms with Gasteiger partial charge in [-0.3, -0.25) is 4.79 Å². The predicted octanol–water partition coefficient (Wildman–Crippen LogP) is 2.04. The standard InChI is InChI=1S/C18H21BN4O4/c1-11-5-6-12(9-13(11)21-17(24)18(2,3)4)14-10-23-15(20-14)7-8-16(22-23)27-19(25)26/h5-10,25-26H,1-4H3,(H,21,24). The molecule has 0 saturated carbocycles. The highest BCUT2D eigenvalue weighted by atomic mass is 16.6. The zero-order valence-electron chi connectivity index (χ0n) is 15.6. The molecule has 3 aromatic rings. The quantitative estimate of drug-likeness (QED) is 0.608. The highest BCUT2D eigenvalue weighted by Crippen LogP contribution is 2.27. The molecule has 0 aliphatic heterocycles. The van der Waals surface area contributed by atoms with Gasteiger partial charge in [-0.2, -0.15) is 0 Å². The van der Waals surface area contributed by atoms with Gasteiger partial charge in [-0.15, -0.1) is 5.10 Å². The van der Waals surface area contributed by atoms with Crippen molar-refractivity contribution in [3.8, 4) is 17.1 Å². The molecule has 0 saturated heterocycles. The fraction of sp³-hybridized carbons (Fsp3) is 0.278. The number of rotatable bonds is 4. The van der Waals surface area contributed by atoms with Gasteiger partial charge in [0.1, 0.15) is 0 Å². The fourth-order valence-corrected chi connectivity index (χ4v) is 2.40. The summed E-state index contributed by atoms with van der Waals surface area (Å²) in [5.41, 5.74) is 3.24. The molecule has 2 aromatic heterocycles. The molecule has 3 N–H and O–H groups in total. The van der Waals surface area contributed by atoms with Gasteiger partial charge >= 0.3 is 7.32 Å². The van der Waals surface area contributed by atoms with Crippen LogP contribution in [0.5, 0.6) is 5.88 Å². The normalized spacial score (nSPS) is 11.5. The van der Waals surface area contributed by atoms with E-state index >= 15 is 0 Å². The van der Waals surface area contributed by atoms with E-state index in [2.05, 4.69) is 15.4 Å². The Morgan fingerprint density at radius 2 is 1.96 bits per heavy atom. The fourth-order valence-electron chi connectivity index (χ4n) is 2.40. The molecule has 0 unspecified atom stereocenters. The van der Waals surface area contributed by atoms with Crippen molar-refractivity contribution >= 4 is 24.6 Å². The average molecular weight is 368 g/mol. The number of nitrogens with one attached hydrogen (secondary N) is 1. The van der Waals surface area contributed by atoms with Crippen LogP contribution in [0, 0.1) is 12.3 Å². The molecule has 9 heteroatoms. The number of aryl methyl sites for hydroxylation is 1. The van der Waals surface area contributed by atoms with E-state index < -0.39 is 12.7 Å². The van der Waals surface area contributed by atoms with Crippen molar-refractivity contribution in [2.75, 3.05) is 5.32 Å². The second-order valence-electron chi connectivity index (χ2n) is 7.28. The van der Waals surface area contributed by atoms with E-state index in [9.17, 15) is 4.79 Å². The third-order valence-corrected chi connectivity index (χ3v) is 3.98. The number of carbonyl (C=O) groups is 1. The van der Waals surface area contributed by atoms with E-state index in [0.717, 1.165) is 16.8 Å². The topological polar surface area (TPSA) is 109 Å². The van der Waals surface area contributed by atoms with Gasteiger partial charge in [-0.1, -0.05) is 32.9 Å². The number of anilines is 1. The Kier molecular flexibility index (Phi) is 4.90. The van der Waals surface area contributed by atoms with Gasteiger partial charge < -0.3 is 20.0 Å². The van der Waals surface area contributed by atoms with Gasteiger partial charge in [-0.05, 0) is 24.6 Å². The zero-order valence-corrected chi connectivity index (χ0v) is 15.6. The Morgan fingerprint density at radius 3 is 2.63 bits per heavy atom. The molecular weight excluding hydrogens is 347 g/mol. The number of hydrogen-bond donors (Lipinski definition) is 3. The lowest BCUT2D eigenvalue weighted by atomic mass is 9.95. The van der Waals surface area contributed by atoms with Crippen LogP contribution >= 0.6 is 0 Å².